The lowest BCUT2D eigenvalue weighted by Gasteiger charge is -2.08. The number of hydrogen-bond acceptors (Lipinski definition) is 4. The molecule has 0 amide bonds. The highest BCUT2D eigenvalue weighted by Crippen LogP contribution is 2.15. The minimum absolute atomic E-state index is 0.442. The van der Waals surface area contributed by atoms with Crippen LogP contribution in [0.3, 0.4) is 0 Å². The zero-order valence-electron chi connectivity index (χ0n) is 12.3. The summed E-state index contributed by atoms with van der Waals surface area (Å²) >= 11 is 0. The van der Waals surface area contributed by atoms with Crippen molar-refractivity contribution in [2.45, 2.75) is 13.5 Å². The maximum Gasteiger partial charge on any atom is 0.249 e. The van der Waals surface area contributed by atoms with E-state index in [4.69, 9.17) is 0 Å². The van der Waals surface area contributed by atoms with Crippen molar-refractivity contribution in [1.29, 1.82) is 0 Å². The second-order valence-corrected chi connectivity index (χ2v) is 4.87. The molecular weight excluding hydrogens is 276 g/mol. The molecule has 0 aliphatic carbocycles. The molecule has 0 atom stereocenters. The summed E-state index contributed by atoms with van der Waals surface area (Å²) in [4.78, 5) is 8.27. The third kappa shape index (κ3) is 2.58. The van der Waals surface area contributed by atoms with Crippen molar-refractivity contribution in [2.24, 2.45) is 4.99 Å². The molecule has 0 saturated carbocycles. The topological polar surface area (TPSA) is 60.9 Å². The second kappa shape index (κ2) is 5.77. The predicted molar refractivity (Wildman–Crippen MR) is 86.0 cm³/mol. The summed E-state index contributed by atoms with van der Waals surface area (Å²) in [6.45, 7) is 9.95. The van der Waals surface area contributed by atoms with Crippen LogP contribution in [0.4, 0.5) is 0 Å². The fourth-order valence-electron chi connectivity index (χ4n) is 2.14. The Labute approximate surface area is 128 Å². The summed E-state index contributed by atoms with van der Waals surface area (Å²) < 4.78 is 3.46. The molecule has 0 saturated heterocycles. The fraction of sp³-hybridized carbons (Fsp3) is 0.125. The van der Waals surface area contributed by atoms with Crippen molar-refractivity contribution in [3.05, 3.63) is 66.3 Å². The number of nitrogens with zero attached hydrogens (tertiary/aromatic N) is 6. The van der Waals surface area contributed by atoms with E-state index in [1.165, 1.54) is 11.1 Å². The molecule has 0 spiro atoms. The summed E-state index contributed by atoms with van der Waals surface area (Å²) in [5.74, 6) is 1.07. The van der Waals surface area contributed by atoms with Crippen molar-refractivity contribution in [3.8, 4) is 5.95 Å². The Balaban J connectivity index is 2.05. The van der Waals surface area contributed by atoms with Crippen LogP contribution < -0.4 is 0 Å². The van der Waals surface area contributed by atoms with Crippen molar-refractivity contribution in [2.75, 3.05) is 0 Å². The summed E-state index contributed by atoms with van der Waals surface area (Å²) in [7, 11) is 0. The second-order valence-electron chi connectivity index (χ2n) is 4.87. The number of hydrogen-bond donors (Lipinski definition) is 0. The first-order valence-corrected chi connectivity index (χ1v) is 6.84. The maximum atomic E-state index is 4.48. The van der Waals surface area contributed by atoms with E-state index in [0.717, 1.165) is 0 Å². The van der Waals surface area contributed by atoms with E-state index in [9.17, 15) is 0 Å². The van der Waals surface area contributed by atoms with E-state index in [-0.39, 0.29) is 0 Å². The van der Waals surface area contributed by atoms with Crippen LogP contribution in [-0.2, 0) is 6.54 Å². The Morgan fingerprint density at radius 1 is 1.27 bits per heavy atom. The van der Waals surface area contributed by atoms with Gasteiger partial charge in [-0.15, -0.1) is 5.10 Å². The lowest BCUT2D eigenvalue weighted by Crippen LogP contribution is -2.10. The smallest absolute Gasteiger partial charge is 0.249 e. The highest BCUT2D eigenvalue weighted by Gasteiger charge is 2.14. The Morgan fingerprint density at radius 2 is 2.09 bits per heavy atom. The molecule has 2 aromatic heterocycles. The zero-order chi connectivity index (χ0) is 15.5. The van der Waals surface area contributed by atoms with E-state index in [0.29, 0.717) is 24.0 Å². The number of benzene rings is 1. The van der Waals surface area contributed by atoms with Gasteiger partial charge in [0.05, 0.1) is 6.54 Å². The lowest BCUT2D eigenvalue weighted by molar-refractivity contribution is 0.633. The van der Waals surface area contributed by atoms with Crippen LogP contribution in [-0.4, -0.2) is 31.3 Å². The van der Waals surface area contributed by atoms with Crippen molar-refractivity contribution < 1.29 is 0 Å². The highest BCUT2D eigenvalue weighted by atomic mass is 15.5. The van der Waals surface area contributed by atoms with Crippen molar-refractivity contribution >= 4 is 12.4 Å². The molecule has 0 bridgehead atoms. The van der Waals surface area contributed by atoms with E-state index in [2.05, 4.69) is 52.5 Å². The molecule has 3 aromatic rings. The molecule has 6 nitrogen and oxygen atoms in total. The van der Waals surface area contributed by atoms with Gasteiger partial charge in [-0.2, -0.15) is 10.1 Å². The average molecular weight is 292 g/mol. The van der Waals surface area contributed by atoms with Gasteiger partial charge in [0, 0.05) is 12.4 Å². The molecule has 2 heterocycles. The van der Waals surface area contributed by atoms with Crippen LogP contribution in [0, 0.1) is 6.92 Å². The third-order valence-corrected chi connectivity index (χ3v) is 3.39. The standard InChI is InChI=1S/C16H16N6/c1-12-7-4-5-8-14(12)11-22-16(21-10-6-9-18-21)19-15(20-22)13(2)17-3/h4-10H,2-3,11H2,1H3. The fourth-order valence-corrected chi connectivity index (χ4v) is 2.14. The summed E-state index contributed by atoms with van der Waals surface area (Å²) in [5, 5.41) is 8.71. The number of aryl methyl sites for hydroxylation is 1. The quantitative estimate of drug-likeness (QED) is 0.679. The first-order chi connectivity index (χ1) is 10.7. The number of aliphatic imine (C=N–C) groups is 1. The SMILES string of the molecule is C=NC(=C)c1nc(-n2cccn2)n(Cc2ccccc2C)n1. The van der Waals surface area contributed by atoms with E-state index in [1.807, 2.05) is 24.4 Å². The Bertz CT molecular complexity index is 813. The van der Waals surface area contributed by atoms with E-state index in [1.54, 1.807) is 15.6 Å². The summed E-state index contributed by atoms with van der Waals surface area (Å²) in [6.07, 6.45) is 3.53. The molecule has 0 radical (unpaired) electrons. The molecule has 0 aliphatic heterocycles. The monoisotopic (exact) mass is 292 g/mol. The van der Waals surface area contributed by atoms with E-state index < -0.39 is 0 Å². The summed E-state index contributed by atoms with van der Waals surface area (Å²) in [6, 6.07) is 10.0. The molecule has 6 heteroatoms. The molecular formula is C16H16N6. The van der Waals surface area contributed by atoms with Crippen LogP contribution in [0.5, 0.6) is 0 Å². The van der Waals surface area contributed by atoms with Crippen LogP contribution >= 0.6 is 0 Å². The minimum atomic E-state index is 0.442. The van der Waals surface area contributed by atoms with Crippen LogP contribution in [0.25, 0.3) is 11.6 Å². The highest BCUT2D eigenvalue weighted by molar-refractivity contribution is 5.60. The van der Waals surface area contributed by atoms with Crippen LogP contribution in [0.15, 0.2) is 54.3 Å². The van der Waals surface area contributed by atoms with Gasteiger partial charge >= 0.3 is 0 Å². The van der Waals surface area contributed by atoms with Gasteiger partial charge in [0.25, 0.3) is 0 Å². The minimum Gasteiger partial charge on any atom is -0.261 e. The van der Waals surface area contributed by atoms with E-state index >= 15 is 0 Å². The molecule has 3 rings (SSSR count). The van der Waals surface area contributed by atoms with Gasteiger partial charge in [0.15, 0.2) is 0 Å². The zero-order valence-corrected chi connectivity index (χ0v) is 12.3. The van der Waals surface area contributed by atoms with Gasteiger partial charge in [-0.3, -0.25) is 4.99 Å². The molecule has 0 fully saturated rings. The molecule has 22 heavy (non-hydrogen) atoms. The van der Waals surface area contributed by atoms with Gasteiger partial charge in [0.1, 0.15) is 5.70 Å². The molecule has 110 valence electrons. The molecule has 0 aliphatic rings. The molecule has 0 N–H and O–H groups in total. The number of aromatic nitrogens is 5. The predicted octanol–water partition coefficient (Wildman–Crippen LogP) is 2.49. The first kappa shape index (κ1) is 13.9. The van der Waals surface area contributed by atoms with Gasteiger partial charge in [-0.05, 0) is 30.8 Å². The Morgan fingerprint density at radius 3 is 2.77 bits per heavy atom. The van der Waals surface area contributed by atoms with Crippen molar-refractivity contribution in [3.63, 3.8) is 0 Å². The largest absolute Gasteiger partial charge is 0.261 e. The first-order valence-electron chi connectivity index (χ1n) is 6.84. The van der Waals surface area contributed by atoms with Crippen LogP contribution in [0.2, 0.25) is 0 Å². The Kier molecular flexibility index (Phi) is 3.65. The third-order valence-electron chi connectivity index (χ3n) is 3.39. The average Bonchev–Trinajstić information content (AvgIpc) is 3.18. The molecule has 0 unspecified atom stereocenters. The van der Waals surface area contributed by atoms with Crippen molar-refractivity contribution in [1.82, 2.24) is 24.5 Å². The van der Waals surface area contributed by atoms with Gasteiger partial charge < -0.3 is 0 Å². The Hall–Kier alpha value is -3.02. The maximum absolute atomic E-state index is 4.48. The lowest BCUT2D eigenvalue weighted by atomic mass is 10.1. The summed E-state index contributed by atoms with van der Waals surface area (Å²) in [5.41, 5.74) is 2.81. The van der Waals surface area contributed by atoms with Gasteiger partial charge in [0.2, 0.25) is 11.8 Å². The normalized spacial score (nSPS) is 10.6. The van der Waals surface area contributed by atoms with Gasteiger partial charge in [-0.1, -0.05) is 30.8 Å². The van der Waals surface area contributed by atoms with Gasteiger partial charge in [-0.25, -0.2) is 9.36 Å². The van der Waals surface area contributed by atoms with Crippen LogP contribution in [0.1, 0.15) is 17.0 Å². The number of rotatable bonds is 5. The molecule has 1 aromatic carbocycles.